The zero-order valence-corrected chi connectivity index (χ0v) is 22.3. The lowest BCUT2D eigenvalue weighted by Crippen LogP contribution is -2.54. The average Bonchev–Trinajstić information content (AvgIpc) is 2.90. The van der Waals surface area contributed by atoms with Crippen LogP contribution in [0.5, 0.6) is 17.2 Å². The molecule has 0 aliphatic carbocycles. The first-order chi connectivity index (χ1) is 18.2. The number of hydrogen-bond acceptors (Lipinski definition) is 8. The van der Waals surface area contributed by atoms with Gasteiger partial charge in [-0.15, -0.1) is 0 Å². The average molecular weight is 629 g/mol. The molecule has 1 aliphatic rings. The van der Waals surface area contributed by atoms with E-state index in [0.717, 1.165) is 4.90 Å². The molecule has 1 aliphatic heterocycles. The van der Waals surface area contributed by atoms with E-state index in [1.165, 1.54) is 44.6 Å². The minimum absolute atomic E-state index is 0.0488. The minimum Gasteiger partial charge on any atom is -0.497 e. The van der Waals surface area contributed by atoms with Crippen LogP contribution in [0.1, 0.15) is 11.1 Å². The van der Waals surface area contributed by atoms with E-state index in [0.29, 0.717) is 31.9 Å². The van der Waals surface area contributed by atoms with Crippen LogP contribution in [0.2, 0.25) is 0 Å². The van der Waals surface area contributed by atoms with Crippen LogP contribution in [0.3, 0.4) is 0 Å². The van der Waals surface area contributed by atoms with Crippen LogP contribution in [0.4, 0.5) is 16.2 Å². The van der Waals surface area contributed by atoms with Crippen molar-refractivity contribution in [1.29, 1.82) is 0 Å². The molecule has 12 heteroatoms. The van der Waals surface area contributed by atoms with Gasteiger partial charge in [0.25, 0.3) is 17.5 Å². The van der Waals surface area contributed by atoms with E-state index < -0.39 is 22.8 Å². The van der Waals surface area contributed by atoms with Gasteiger partial charge >= 0.3 is 6.03 Å². The zero-order valence-electron chi connectivity index (χ0n) is 20.1. The number of urea groups is 1. The summed E-state index contributed by atoms with van der Waals surface area (Å²) < 4.78 is 17.1. The van der Waals surface area contributed by atoms with Crippen LogP contribution in [0.25, 0.3) is 6.08 Å². The Bertz CT molecular complexity index is 1470. The normalized spacial score (nSPS) is 14.3. The van der Waals surface area contributed by atoms with Gasteiger partial charge in [-0.1, -0.05) is 12.1 Å². The van der Waals surface area contributed by atoms with Crippen molar-refractivity contribution in [3.05, 3.63) is 91.0 Å². The second kappa shape index (κ2) is 11.3. The molecule has 194 valence electrons. The van der Waals surface area contributed by atoms with E-state index >= 15 is 0 Å². The van der Waals surface area contributed by atoms with Crippen molar-refractivity contribution < 1.29 is 33.5 Å². The number of hydrogen-bond donors (Lipinski definition) is 1. The van der Waals surface area contributed by atoms with E-state index in [1.54, 1.807) is 36.4 Å². The predicted molar refractivity (Wildman–Crippen MR) is 145 cm³/mol. The van der Waals surface area contributed by atoms with Gasteiger partial charge < -0.3 is 14.2 Å². The number of benzene rings is 3. The fourth-order valence-corrected chi connectivity index (χ4v) is 4.45. The molecule has 0 saturated carbocycles. The first-order valence-electron chi connectivity index (χ1n) is 11.0. The Morgan fingerprint density at radius 2 is 1.76 bits per heavy atom. The minimum atomic E-state index is -0.862. The first kappa shape index (κ1) is 26.6. The number of methoxy groups -OCH3 is 2. The molecule has 0 aromatic heterocycles. The standard InChI is InChI=1S/C26H20IN3O8/c1-36-19-8-6-17(7-9-19)29-25(32)20(24(31)28-26(29)33)11-16-12-21(27)23(22(13-16)37-2)38-14-15-4-3-5-18(10-15)30(34)35/h3-13H,14H2,1-2H3,(H,28,31,33)/b20-11+. The predicted octanol–water partition coefficient (Wildman–Crippen LogP) is 4.46. The SMILES string of the molecule is COc1ccc(N2C(=O)NC(=O)/C(=C\c3cc(I)c(OCc4cccc([N+](=O)[O-])c4)c(OC)c3)C2=O)cc1. The van der Waals surface area contributed by atoms with Crippen molar-refractivity contribution in [2.75, 3.05) is 19.1 Å². The molecule has 11 nitrogen and oxygen atoms in total. The molecule has 38 heavy (non-hydrogen) atoms. The smallest absolute Gasteiger partial charge is 0.335 e. The summed E-state index contributed by atoms with van der Waals surface area (Å²) in [6.07, 6.45) is 1.36. The second-order valence-electron chi connectivity index (χ2n) is 7.91. The summed E-state index contributed by atoms with van der Waals surface area (Å²) in [4.78, 5) is 49.6. The number of imide groups is 2. The highest BCUT2D eigenvalue weighted by molar-refractivity contribution is 14.1. The number of nitrogens with zero attached hydrogens (tertiary/aromatic N) is 2. The van der Waals surface area contributed by atoms with Gasteiger partial charge in [-0.25, -0.2) is 9.69 Å². The summed E-state index contributed by atoms with van der Waals surface area (Å²) in [5.74, 6) is -0.370. The second-order valence-corrected chi connectivity index (χ2v) is 9.07. The maximum absolute atomic E-state index is 13.2. The molecule has 0 atom stereocenters. The first-order valence-corrected chi connectivity index (χ1v) is 12.1. The van der Waals surface area contributed by atoms with E-state index in [9.17, 15) is 24.5 Å². The highest BCUT2D eigenvalue weighted by Crippen LogP contribution is 2.36. The molecule has 3 aromatic rings. The Labute approximate surface area is 230 Å². The van der Waals surface area contributed by atoms with Crippen molar-refractivity contribution in [2.45, 2.75) is 6.61 Å². The number of amides is 4. The molecule has 0 bridgehead atoms. The van der Waals surface area contributed by atoms with Crippen LogP contribution >= 0.6 is 22.6 Å². The summed E-state index contributed by atoms with van der Waals surface area (Å²) in [6.45, 7) is 0.0499. The topological polar surface area (TPSA) is 137 Å². The monoisotopic (exact) mass is 629 g/mol. The summed E-state index contributed by atoms with van der Waals surface area (Å²) in [7, 11) is 2.93. The molecule has 0 spiro atoms. The number of nitro benzene ring substituents is 1. The van der Waals surface area contributed by atoms with Crippen LogP contribution in [0.15, 0.2) is 66.2 Å². The Morgan fingerprint density at radius 3 is 2.42 bits per heavy atom. The molecule has 0 unspecified atom stereocenters. The number of nitro groups is 1. The lowest BCUT2D eigenvalue weighted by atomic mass is 10.1. The molecule has 3 aromatic carbocycles. The number of carbonyl (C=O) groups excluding carboxylic acids is 3. The van der Waals surface area contributed by atoms with Crippen molar-refractivity contribution in [3.63, 3.8) is 0 Å². The maximum atomic E-state index is 13.2. The van der Waals surface area contributed by atoms with Gasteiger partial charge in [-0.05, 0) is 76.2 Å². The third-order valence-corrected chi connectivity index (χ3v) is 6.30. The van der Waals surface area contributed by atoms with E-state index in [1.807, 2.05) is 22.6 Å². The van der Waals surface area contributed by atoms with Crippen molar-refractivity contribution in [2.24, 2.45) is 0 Å². The Kier molecular flexibility index (Phi) is 7.90. The van der Waals surface area contributed by atoms with Gasteiger partial charge in [0.2, 0.25) is 0 Å². The van der Waals surface area contributed by atoms with Gasteiger partial charge in [0.15, 0.2) is 11.5 Å². The van der Waals surface area contributed by atoms with Crippen molar-refractivity contribution >= 4 is 57.9 Å². The van der Waals surface area contributed by atoms with Gasteiger partial charge in [-0.2, -0.15) is 0 Å². The zero-order chi connectivity index (χ0) is 27.4. The molecule has 1 fully saturated rings. The Balaban J connectivity index is 1.61. The molecule has 1 saturated heterocycles. The van der Waals surface area contributed by atoms with Crippen molar-refractivity contribution in [1.82, 2.24) is 5.32 Å². The number of rotatable bonds is 8. The van der Waals surface area contributed by atoms with Crippen molar-refractivity contribution in [3.8, 4) is 17.2 Å². The number of carbonyl (C=O) groups is 3. The van der Waals surface area contributed by atoms with Gasteiger partial charge in [0.05, 0.1) is 28.4 Å². The van der Waals surface area contributed by atoms with Crippen LogP contribution in [-0.4, -0.2) is 37.0 Å². The molecular weight excluding hydrogens is 609 g/mol. The number of anilines is 1. The Hall–Kier alpha value is -4.46. The number of ether oxygens (including phenoxy) is 3. The number of nitrogens with one attached hydrogen (secondary N) is 1. The largest absolute Gasteiger partial charge is 0.497 e. The third-order valence-electron chi connectivity index (χ3n) is 5.50. The van der Waals surface area contributed by atoms with E-state index in [-0.39, 0.29) is 23.6 Å². The van der Waals surface area contributed by atoms with Crippen LogP contribution in [0, 0.1) is 13.7 Å². The van der Waals surface area contributed by atoms with Gasteiger partial charge in [0.1, 0.15) is 17.9 Å². The number of non-ortho nitro benzene ring substituents is 1. The molecule has 1 N–H and O–H groups in total. The van der Waals surface area contributed by atoms with E-state index in [2.05, 4.69) is 5.32 Å². The molecule has 4 rings (SSSR count). The third kappa shape index (κ3) is 5.59. The summed E-state index contributed by atoms with van der Waals surface area (Å²) in [5.41, 5.74) is 1.02. The molecule has 4 amide bonds. The highest BCUT2D eigenvalue weighted by Gasteiger charge is 2.37. The van der Waals surface area contributed by atoms with Gasteiger partial charge in [-0.3, -0.25) is 25.0 Å². The number of barbiturate groups is 1. The van der Waals surface area contributed by atoms with Gasteiger partial charge in [0, 0.05) is 12.1 Å². The van der Waals surface area contributed by atoms with Crippen LogP contribution < -0.4 is 24.4 Å². The quantitative estimate of drug-likeness (QED) is 0.127. The van der Waals surface area contributed by atoms with Crippen LogP contribution in [-0.2, 0) is 16.2 Å². The summed E-state index contributed by atoms with van der Waals surface area (Å²) >= 11 is 2.02. The maximum Gasteiger partial charge on any atom is 0.335 e. The lowest BCUT2D eigenvalue weighted by molar-refractivity contribution is -0.384. The molecule has 1 heterocycles. The Morgan fingerprint density at radius 1 is 1.03 bits per heavy atom. The van der Waals surface area contributed by atoms with E-state index in [4.69, 9.17) is 14.2 Å². The molecular formula is C26H20IN3O8. The lowest BCUT2D eigenvalue weighted by Gasteiger charge is -2.26. The summed E-state index contributed by atoms with van der Waals surface area (Å²) in [5, 5.41) is 13.2. The number of halogens is 1. The summed E-state index contributed by atoms with van der Waals surface area (Å²) in [6, 6.07) is 14.7. The highest BCUT2D eigenvalue weighted by atomic mass is 127. The fourth-order valence-electron chi connectivity index (χ4n) is 3.67. The molecule has 0 radical (unpaired) electrons. The fraction of sp³-hybridized carbons (Fsp3) is 0.115.